The van der Waals surface area contributed by atoms with E-state index >= 15 is 0 Å². The molecule has 0 amide bonds. The molecule has 2 aromatic heterocycles. The molecule has 0 bridgehead atoms. The molecule has 1 aliphatic rings. The van der Waals surface area contributed by atoms with Gasteiger partial charge >= 0.3 is 0 Å². The van der Waals surface area contributed by atoms with Crippen LogP contribution < -0.4 is 11.5 Å². The summed E-state index contributed by atoms with van der Waals surface area (Å²) in [7, 11) is 0. The van der Waals surface area contributed by atoms with Crippen LogP contribution in [0.3, 0.4) is 0 Å². The number of rotatable bonds is 2. The summed E-state index contributed by atoms with van der Waals surface area (Å²) in [6.07, 6.45) is 5.66. The third kappa shape index (κ3) is 1.39. The van der Waals surface area contributed by atoms with Gasteiger partial charge in [0, 0.05) is 18.0 Å². The Bertz CT molecular complexity index is 491. The molecule has 2 heterocycles. The lowest BCUT2D eigenvalue weighted by atomic mass is 10.2. The molecule has 1 fully saturated rings. The Kier molecular flexibility index (Phi) is 1.82. The summed E-state index contributed by atoms with van der Waals surface area (Å²) < 4.78 is 1.55. The standard InChI is InChI=1S/C10H12N6/c11-8-7(6-2-3-6)9(12)15-10(14-8)16-5-1-4-13-16/h1,4-6H,2-3H2,(H4,11,12,14,15). The first-order valence-electron chi connectivity index (χ1n) is 5.18. The molecule has 1 saturated carbocycles. The number of anilines is 2. The zero-order chi connectivity index (χ0) is 11.1. The van der Waals surface area contributed by atoms with Crippen molar-refractivity contribution in [2.75, 3.05) is 11.5 Å². The van der Waals surface area contributed by atoms with Crippen LogP contribution in [-0.4, -0.2) is 19.7 Å². The minimum absolute atomic E-state index is 0.421. The number of hydrogen-bond donors (Lipinski definition) is 2. The minimum atomic E-state index is 0.421. The van der Waals surface area contributed by atoms with Crippen LogP contribution in [0.2, 0.25) is 0 Å². The molecular formula is C10H12N6. The van der Waals surface area contributed by atoms with E-state index in [4.69, 9.17) is 11.5 Å². The molecule has 2 aromatic rings. The highest BCUT2D eigenvalue weighted by Crippen LogP contribution is 2.44. The largest absolute Gasteiger partial charge is 0.383 e. The van der Waals surface area contributed by atoms with Crippen molar-refractivity contribution in [1.29, 1.82) is 0 Å². The molecule has 16 heavy (non-hydrogen) atoms. The molecular weight excluding hydrogens is 204 g/mol. The number of hydrogen-bond acceptors (Lipinski definition) is 5. The van der Waals surface area contributed by atoms with Gasteiger partial charge in [0.25, 0.3) is 5.95 Å². The van der Waals surface area contributed by atoms with Gasteiger partial charge in [0.1, 0.15) is 11.6 Å². The Balaban J connectivity index is 2.09. The highest BCUT2D eigenvalue weighted by atomic mass is 15.3. The lowest BCUT2D eigenvalue weighted by Crippen LogP contribution is -2.10. The lowest BCUT2D eigenvalue weighted by Gasteiger charge is -2.08. The Labute approximate surface area is 92.3 Å². The maximum absolute atomic E-state index is 5.90. The number of aromatic nitrogens is 4. The fraction of sp³-hybridized carbons (Fsp3) is 0.300. The van der Waals surface area contributed by atoms with Gasteiger partial charge in [-0.3, -0.25) is 0 Å². The number of nitrogen functional groups attached to an aromatic ring is 2. The summed E-state index contributed by atoms with van der Waals surface area (Å²) in [5.41, 5.74) is 12.7. The maximum atomic E-state index is 5.90. The molecule has 1 aliphatic carbocycles. The zero-order valence-corrected chi connectivity index (χ0v) is 8.67. The van der Waals surface area contributed by atoms with Crippen molar-refractivity contribution >= 4 is 11.6 Å². The van der Waals surface area contributed by atoms with Crippen LogP contribution in [0.25, 0.3) is 5.95 Å². The Morgan fingerprint density at radius 1 is 1.19 bits per heavy atom. The van der Waals surface area contributed by atoms with Crippen LogP contribution >= 0.6 is 0 Å². The van der Waals surface area contributed by atoms with Crippen molar-refractivity contribution in [2.45, 2.75) is 18.8 Å². The van der Waals surface area contributed by atoms with E-state index in [1.807, 2.05) is 0 Å². The molecule has 6 heteroatoms. The van der Waals surface area contributed by atoms with Crippen LogP contribution in [0, 0.1) is 0 Å². The third-order valence-electron chi connectivity index (χ3n) is 2.69. The fourth-order valence-electron chi connectivity index (χ4n) is 1.77. The van der Waals surface area contributed by atoms with Gasteiger partial charge in [0.05, 0.1) is 0 Å². The van der Waals surface area contributed by atoms with E-state index in [2.05, 4.69) is 15.1 Å². The number of nitrogens with two attached hydrogens (primary N) is 2. The van der Waals surface area contributed by atoms with E-state index in [1.165, 1.54) is 0 Å². The Hall–Kier alpha value is -2.11. The van der Waals surface area contributed by atoms with E-state index in [0.717, 1.165) is 18.4 Å². The molecule has 0 unspecified atom stereocenters. The summed E-state index contributed by atoms with van der Waals surface area (Å²) in [4.78, 5) is 8.45. The maximum Gasteiger partial charge on any atom is 0.254 e. The van der Waals surface area contributed by atoms with Gasteiger partial charge < -0.3 is 11.5 Å². The lowest BCUT2D eigenvalue weighted by molar-refractivity contribution is 0.807. The molecule has 0 atom stereocenters. The van der Waals surface area contributed by atoms with E-state index in [1.54, 1.807) is 23.1 Å². The predicted molar refractivity (Wildman–Crippen MR) is 60.0 cm³/mol. The molecule has 0 spiro atoms. The van der Waals surface area contributed by atoms with E-state index in [9.17, 15) is 0 Å². The van der Waals surface area contributed by atoms with Crippen LogP contribution in [0.5, 0.6) is 0 Å². The minimum Gasteiger partial charge on any atom is -0.383 e. The van der Waals surface area contributed by atoms with Gasteiger partial charge in [-0.25, -0.2) is 4.68 Å². The molecule has 82 valence electrons. The fourth-order valence-corrected chi connectivity index (χ4v) is 1.77. The zero-order valence-electron chi connectivity index (χ0n) is 8.67. The van der Waals surface area contributed by atoms with Crippen LogP contribution in [0.4, 0.5) is 11.6 Å². The second-order valence-electron chi connectivity index (χ2n) is 3.93. The highest BCUT2D eigenvalue weighted by Gasteiger charge is 2.29. The molecule has 0 radical (unpaired) electrons. The quantitative estimate of drug-likeness (QED) is 0.770. The molecule has 0 saturated heterocycles. The third-order valence-corrected chi connectivity index (χ3v) is 2.69. The van der Waals surface area contributed by atoms with Gasteiger partial charge in [0.15, 0.2) is 0 Å². The Morgan fingerprint density at radius 3 is 2.38 bits per heavy atom. The molecule has 4 N–H and O–H groups in total. The Morgan fingerprint density at radius 2 is 1.88 bits per heavy atom. The van der Waals surface area contributed by atoms with E-state index in [0.29, 0.717) is 23.5 Å². The predicted octanol–water partition coefficient (Wildman–Crippen LogP) is 0.704. The van der Waals surface area contributed by atoms with E-state index in [-0.39, 0.29) is 0 Å². The molecule has 6 nitrogen and oxygen atoms in total. The molecule has 0 aromatic carbocycles. The van der Waals surface area contributed by atoms with Crippen molar-refractivity contribution in [3.8, 4) is 5.95 Å². The van der Waals surface area contributed by atoms with Crippen LogP contribution in [0.1, 0.15) is 24.3 Å². The average Bonchev–Trinajstić information content (AvgIpc) is 2.92. The SMILES string of the molecule is Nc1nc(-n2cccn2)nc(N)c1C1CC1. The van der Waals surface area contributed by atoms with Crippen molar-refractivity contribution in [3.63, 3.8) is 0 Å². The first kappa shape index (κ1) is 9.14. The first-order valence-corrected chi connectivity index (χ1v) is 5.18. The summed E-state index contributed by atoms with van der Waals surface area (Å²) in [6, 6.07) is 1.80. The summed E-state index contributed by atoms with van der Waals surface area (Å²) >= 11 is 0. The topological polar surface area (TPSA) is 95.6 Å². The number of nitrogens with zero attached hydrogens (tertiary/aromatic N) is 4. The van der Waals surface area contributed by atoms with Gasteiger partial charge in [-0.05, 0) is 24.8 Å². The summed E-state index contributed by atoms with van der Waals surface area (Å²) in [5, 5.41) is 4.04. The normalized spacial score (nSPS) is 15.2. The smallest absolute Gasteiger partial charge is 0.254 e. The van der Waals surface area contributed by atoms with Gasteiger partial charge in [-0.2, -0.15) is 15.1 Å². The van der Waals surface area contributed by atoms with Gasteiger partial charge in [0.2, 0.25) is 0 Å². The molecule has 3 rings (SSSR count). The summed E-state index contributed by atoms with van der Waals surface area (Å²) in [5.74, 6) is 1.82. The van der Waals surface area contributed by atoms with Crippen molar-refractivity contribution in [3.05, 3.63) is 24.0 Å². The van der Waals surface area contributed by atoms with Gasteiger partial charge in [-0.15, -0.1) is 0 Å². The second-order valence-corrected chi connectivity index (χ2v) is 3.93. The first-order chi connectivity index (χ1) is 7.75. The monoisotopic (exact) mass is 216 g/mol. The summed E-state index contributed by atoms with van der Waals surface area (Å²) in [6.45, 7) is 0. The molecule has 0 aliphatic heterocycles. The van der Waals surface area contributed by atoms with Gasteiger partial charge in [-0.1, -0.05) is 0 Å². The highest BCUT2D eigenvalue weighted by molar-refractivity contribution is 5.57. The average molecular weight is 216 g/mol. The van der Waals surface area contributed by atoms with E-state index < -0.39 is 0 Å². The van der Waals surface area contributed by atoms with Crippen molar-refractivity contribution < 1.29 is 0 Å². The van der Waals surface area contributed by atoms with Crippen LogP contribution in [-0.2, 0) is 0 Å². The van der Waals surface area contributed by atoms with Crippen LogP contribution in [0.15, 0.2) is 18.5 Å². The van der Waals surface area contributed by atoms with Crippen molar-refractivity contribution in [2.24, 2.45) is 0 Å². The second kappa shape index (κ2) is 3.19. The van der Waals surface area contributed by atoms with Crippen molar-refractivity contribution in [1.82, 2.24) is 19.7 Å².